The maximum Gasteiger partial charge on any atom is 0.173 e. The highest BCUT2D eigenvalue weighted by molar-refractivity contribution is 6.36. The number of benzene rings is 2. The summed E-state index contributed by atoms with van der Waals surface area (Å²) in [5, 5.41) is 12.0. The average Bonchev–Trinajstić information content (AvgIpc) is 2.86. The number of hydrogen-bond donors (Lipinski definition) is 1. The van der Waals surface area contributed by atoms with Crippen molar-refractivity contribution in [3.63, 3.8) is 0 Å². The summed E-state index contributed by atoms with van der Waals surface area (Å²) in [5.41, 5.74) is 4.08. The normalized spacial score (nSPS) is 21.7. The summed E-state index contributed by atoms with van der Waals surface area (Å²) in [6, 6.07) is 11.4. The van der Waals surface area contributed by atoms with Crippen molar-refractivity contribution < 1.29 is 9.90 Å². The van der Waals surface area contributed by atoms with Crippen LogP contribution in [-0.4, -0.2) is 10.9 Å². The van der Waals surface area contributed by atoms with Crippen LogP contribution in [0.4, 0.5) is 0 Å². The first-order chi connectivity index (χ1) is 13.0. The van der Waals surface area contributed by atoms with Gasteiger partial charge in [-0.05, 0) is 54.2 Å². The molecular formula is C23H20Cl2O2. The number of allylic oxidation sites excluding steroid dienone is 3. The largest absolute Gasteiger partial charge is 0.511 e. The summed E-state index contributed by atoms with van der Waals surface area (Å²) in [6.45, 7) is 2.05. The molecule has 1 unspecified atom stereocenters. The van der Waals surface area contributed by atoms with Crippen LogP contribution in [-0.2, 0) is 11.2 Å². The van der Waals surface area contributed by atoms with Crippen molar-refractivity contribution >= 4 is 34.6 Å². The molecule has 1 N–H and O–H groups in total. The van der Waals surface area contributed by atoms with Gasteiger partial charge in [0, 0.05) is 27.4 Å². The third-order valence-electron chi connectivity index (χ3n) is 5.56. The van der Waals surface area contributed by atoms with Crippen molar-refractivity contribution in [1.82, 2.24) is 0 Å². The van der Waals surface area contributed by atoms with Gasteiger partial charge in [-0.25, -0.2) is 0 Å². The van der Waals surface area contributed by atoms with E-state index >= 15 is 0 Å². The van der Waals surface area contributed by atoms with Gasteiger partial charge in [-0.1, -0.05) is 60.5 Å². The topological polar surface area (TPSA) is 37.3 Å². The van der Waals surface area contributed by atoms with E-state index in [2.05, 4.69) is 6.92 Å². The molecule has 0 spiro atoms. The number of aliphatic hydroxyl groups excluding tert-OH is 1. The Morgan fingerprint density at radius 1 is 1.00 bits per heavy atom. The van der Waals surface area contributed by atoms with Crippen LogP contribution >= 0.6 is 23.2 Å². The van der Waals surface area contributed by atoms with Crippen LogP contribution in [0, 0.1) is 11.8 Å². The molecular weight excluding hydrogens is 379 g/mol. The molecule has 2 nitrogen and oxygen atoms in total. The minimum atomic E-state index is -0.145. The Balaban J connectivity index is 1.90. The highest BCUT2D eigenvalue weighted by Gasteiger charge is 2.35. The molecule has 2 bridgehead atoms. The highest BCUT2D eigenvalue weighted by atomic mass is 35.5. The Morgan fingerprint density at radius 3 is 2.41 bits per heavy atom. The lowest BCUT2D eigenvalue weighted by molar-refractivity contribution is -0.116. The number of fused-ring (bicyclic) bond motifs is 2. The lowest BCUT2D eigenvalue weighted by atomic mass is 9.87. The average molecular weight is 399 g/mol. The van der Waals surface area contributed by atoms with Gasteiger partial charge in [-0.3, -0.25) is 4.79 Å². The van der Waals surface area contributed by atoms with Crippen LogP contribution in [0.1, 0.15) is 30.9 Å². The Morgan fingerprint density at radius 2 is 1.74 bits per heavy atom. The van der Waals surface area contributed by atoms with Crippen LogP contribution in [0.3, 0.4) is 0 Å². The van der Waals surface area contributed by atoms with Gasteiger partial charge in [0.05, 0.1) is 5.57 Å². The minimum absolute atomic E-state index is 0.0119. The van der Waals surface area contributed by atoms with Gasteiger partial charge in [0.25, 0.3) is 0 Å². The predicted molar refractivity (Wildman–Crippen MR) is 111 cm³/mol. The Labute approximate surface area is 169 Å². The van der Waals surface area contributed by atoms with Gasteiger partial charge >= 0.3 is 0 Å². The van der Waals surface area contributed by atoms with E-state index < -0.39 is 0 Å². The van der Waals surface area contributed by atoms with Gasteiger partial charge in [-0.15, -0.1) is 0 Å². The number of aliphatic hydroxyl groups is 1. The van der Waals surface area contributed by atoms with E-state index in [4.69, 9.17) is 23.2 Å². The lowest BCUT2D eigenvalue weighted by Gasteiger charge is -2.16. The summed E-state index contributed by atoms with van der Waals surface area (Å²) in [7, 11) is 0. The van der Waals surface area contributed by atoms with E-state index in [1.807, 2.05) is 36.4 Å². The summed E-state index contributed by atoms with van der Waals surface area (Å²) in [5.74, 6) is -0.00771. The van der Waals surface area contributed by atoms with Crippen molar-refractivity contribution in [2.45, 2.75) is 26.2 Å². The van der Waals surface area contributed by atoms with E-state index in [0.717, 1.165) is 41.5 Å². The maximum absolute atomic E-state index is 13.1. The van der Waals surface area contributed by atoms with Gasteiger partial charge in [0.15, 0.2) is 5.78 Å². The van der Waals surface area contributed by atoms with Crippen molar-refractivity contribution in [3.05, 3.63) is 75.5 Å². The third kappa shape index (κ3) is 3.22. The van der Waals surface area contributed by atoms with Gasteiger partial charge in [0.1, 0.15) is 5.76 Å². The number of rotatable bonds is 3. The van der Waals surface area contributed by atoms with Crippen molar-refractivity contribution in [1.29, 1.82) is 0 Å². The Hall–Kier alpha value is -2.03. The van der Waals surface area contributed by atoms with Crippen molar-refractivity contribution in [2.24, 2.45) is 11.8 Å². The van der Waals surface area contributed by atoms with Gasteiger partial charge in [-0.2, -0.15) is 0 Å². The highest BCUT2D eigenvalue weighted by Crippen LogP contribution is 2.41. The fraction of sp³-hybridized carbons (Fsp3) is 0.261. The second-order valence-corrected chi connectivity index (χ2v) is 7.99. The van der Waals surface area contributed by atoms with Crippen molar-refractivity contribution in [2.75, 3.05) is 0 Å². The number of hydrogen-bond acceptors (Lipinski definition) is 2. The number of halogens is 2. The number of Topliss-reactive ketones (excluding diaryl/α,β-unsaturated/α-hetero) is 1. The zero-order valence-electron chi connectivity index (χ0n) is 15.0. The molecule has 0 fully saturated rings. The molecule has 0 heterocycles. The molecule has 0 aromatic heterocycles. The van der Waals surface area contributed by atoms with Crippen LogP contribution < -0.4 is 0 Å². The number of ketones is 1. The zero-order chi connectivity index (χ0) is 19.1. The van der Waals surface area contributed by atoms with E-state index in [-0.39, 0.29) is 23.4 Å². The van der Waals surface area contributed by atoms with E-state index in [0.29, 0.717) is 15.6 Å². The van der Waals surface area contributed by atoms with Crippen LogP contribution in [0.15, 0.2) is 54.3 Å². The number of carbonyl (C=O) groups excluding carboxylic acids is 1. The van der Waals surface area contributed by atoms with E-state index in [1.165, 1.54) is 0 Å². The Kier molecular flexibility index (Phi) is 4.88. The SMILES string of the molecule is CCc1ccc(-c2ccc(Cl)cc2Cl)cc1C1=C(O)[C@@H]2C=CC(CC2)C1=O. The van der Waals surface area contributed by atoms with E-state index in [1.54, 1.807) is 12.1 Å². The quantitative estimate of drug-likeness (QED) is 0.586. The first-order valence-corrected chi connectivity index (χ1v) is 9.99. The molecule has 2 atom stereocenters. The molecule has 3 aliphatic carbocycles. The number of carbonyl (C=O) groups is 1. The third-order valence-corrected chi connectivity index (χ3v) is 6.10. The summed E-state index contributed by atoms with van der Waals surface area (Å²) < 4.78 is 0. The Bertz CT molecular complexity index is 988. The first kappa shape index (κ1) is 18.3. The second kappa shape index (κ2) is 7.18. The molecule has 27 heavy (non-hydrogen) atoms. The van der Waals surface area contributed by atoms with Crippen LogP contribution in [0.25, 0.3) is 16.7 Å². The molecule has 138 valence electrons. The predicted octanol–water partition coefficient (Wildman–Crippen LogP) is 6.66. The molecule has 0 saturated heterocycles. The van der Waals surface area contributed by atoms with Gasteiger partial charge < -0.3 is 5.11 Å². The second-order valence-electron chi connectivity index (χ2n) is 7.15. The first-order valence-electron chi connectivity index (χ1n) is 9.24. The molecule has 3 aliphatic rings. The van der Waals surface area contributed by atoms with E-state index in [9.17, 15) is 9.90 Å². The lowest BCUT2D eigenvalue weighted by Crippen LogP contribution is -2.14. The maximum atomic E-state index is 13.1. The summed E-state index contributed by atoms with van der Waals surface area (Å²) in [4.78, 5) is 13.1. The molecule has 0 amide bonds. The van der Waals surface area contributed by atoms with Crippen LogP contribution in [0.5, 0.6) is 0 Å². The molecule has 2 aromatic rings. The molecule has 5 rings (SSSR count). The standard InChI is InChI=1S/C23H20Cl2O2/c1-2-13-3-8-16(18-10-9-17(24)12-20(18)25)11-19(13)21-22(26)14-4-5-15(7-6-14)23(21)27/h3-5,8-12,14-15,26H,2,6-7H2,1H3/t14-,15?/m1/s1. The van der Waals surface area contributed by atoms with Crippen LogP contribution in [0.2, 0.25) is 10.0 Å². The summed E-state index contributed by atoms with van der Waals surface area (Å²) in [6.07, 6.45) is 6.30. The van der Waals surface area contributed by atoms with Crippen molar-refractivity contribution in [3.8, 4) is 11.1 Å². The fourth-order valence-electron chi connectivity index (χ4n) is 4.04. The minimum Gasteiger partial charge on any atom is -0.511 e. The molecule has 0 saturated carbocycles. The summed E-state index contributed by atoms with van der Waals surface area (Å²) >= 11 is 12.4. The molecule has 0 radical (unpaired) electrons. The molecule has 4 heteroatoms. The zero-order valence-corrected chi connectivity index (χ0v) is 16.5. The number of aryl methyl sites for hydroxylation is 1. The van der Waals surface area contributed by atoms with Gasteiger partial charge in [0.2, 0.25) is 0 Å². The fourth-order valence-corrected chi connectivity index (χ4v) is 4.56. The molecule has 2 aromatic carbocycles. The smallest absolute Gasteiger partial charge is 0.173 e. The monoisotopic (exact) mass is 398 g/mol. The molecule has 0 aliphatic heterocycles.